The minimum Gasteiger partial charge on any atom is -0.485 e. The first-order valence-corrected chi connectivity index (χ1v) is 9.98. The monoisotopic (exact) mass is 402 g/mol. The van der Waals surface area contributed by atoms with E-state index in [0.29, 0.717) is 29.9 Å². The highest BCUT2D eigenvalue weighted by Gasteiger charge is 2.16. The summed E-state index contributed by atoms with van der Waals surface area (Å²) in [5.41, 5.74) is 2.23. The van der Waals surface area contributed by atoms with Crippen molar-refractivity contribution in [1.29, 1.82) is 5.26 Å². The lowest BCUT2D eigenvalue weighted by Crippen LogP contribution is -2.29. The lowest BCUT2D eigenvalue weighted by molar-refractivity contribution is -0.127. The number of amides is 1. The predicted molar refractivity (Wildman–Crippen MR) is 108 cm³/mol. The van der Waals surface area contributed by atoms with Crippen LogP contribution in [0.25, 0.3) is 0 Å². The van der Waals surface area contributed by atoms with E-state index in [0.717, 1.165) is 16.9 Å². The average molecular weight is 403 g/mol. The molecule has 1 aromatic heterocycles. The maximum Gasteiger partial charge on any atom is 0.232 e. The summed E-state index contributed by atoms with van der Waals surface area (Å²) in [6, 6.07) is 8.15. The number of rotatable bonds is 9. The number of hydrogen-bond donors (Lipinski definition) is 1. The minimum absolute atomic E-state index is 0.0950. The Balaban J connectivity index is 1.98. The molecule has 0 aliphatic rings. The number of ether oxygens (including phenoxy) is 1. The molecule has 0 saturated carbocycles. The number of nitrogens with two attached hydrogens (primary N) is 1. The Bertz CT molecular complexity index is 859. The summed E-state index contributed by atoms with van der Waals surface area (Å²) >= 11 is 1.20. The van der Waals surface area contributed by atoms with Gasteiger partial charge in [-0.25, -0.2) is 4.68 Å². The first-order valence-electron chi connectivity index (χ1n) is 9.00. The number of benzene rings is 1. The van der Waals surface area contributed by atoms with E-state index in [1.807, 2.05) is 19.1 Å². The smallest absolute Gasteiger partial charge is 0.232 e. The zero-order valence-corrected chi connectivity index (χ0v) is 17.5. The van der Waals surface area contributed by atoms with E-state index in [1.54, 1.807) is 7.05 Å². The lowest BCUT2D eigenvalue weighted by Gasteiger charge is -2.15. The molecule has 2 rings (SSSR count). The van der Waals surface area contributed by atoms with Crippen molar-refractivity contribution in [1.82, 2.24) is 19.8 Å². The van der Waals surface area contributed by atoms with E-state index >= 15 is 0 Å². The number of aryl methyl sites for hydroxylation is 1. The van der Waals surface area contributed by atoms with Gasteiger partial charge in [-0.05, 0) is 30.0 Å². The molecule has 0 atom stereocenters. The molecule has 0 unspecified atom stereocenters. The van der Waals surface area contributed by atoms with Crippen molar-refractivity contribution in [2.75, 3.05) is 25.2 Å². The van der Waals surface area contributed by atoms with Gasteiger partial charge in [0.1, 0.15) is 12.4 Å². The molecule has 28 heavy (non-hydrogen) atoms. The second-order valence-corrected chi connectivity index (χ2v) is 7.71. The second-order valence-electron chi connectivity index (χ2n) is 6.77. The predicted octanol–water partition coefficient (Wildman–Crippen LogP) is 2.47. The van der Waals surface area contributed by atoms with Crippen LogP contribution in [0.3, 0.4) is 0 Å². The molecule has 1 amide bonds. The molecule has 8 nitrogen and oxygen atoms in total. The number of hydrogen-bond acceptors (Lipinski definition) is 7. The summed E-state index contributed by atoms with van der Waals surface area (Å²) in [6.45, 7) is 6.83. The summed E-state index contributed by atoms with van der Waals surface area (Å²) < 4.78 is 7.29. The van der Waals surface area contributed by atoms with Crippen LogP contribution in [0.5, 0.6) is 5.75 Å². The Hall–Kier alpha value is -2.73. The van der Waals surface area contributed by atoms with E-state index in [1.165, 1.54) is 21.3 Å². The number of carbonyl (C=O) groups is 1. The van der Waals surface area contributed by atoms with Gasteiger partial charge in [-0.15, -0.1) is 10.2 Å². The fourth-order valence-corrected chi connectivity index (χ4v) is 3.28. The molecular weight excluding hydrogens is 376 g/mol. The van der Waals surface area contributed by atoms with Gasteiger partial charge in [0, 0.05) is 13.6 Å². The first kappa shape index (κ1) is 21.6. The van der Waals surface area contributed by atoms with Gasteiger partial charge in [-0.1, -0.05) is 37.7 Å². The number of nitrogen functional groups attached to an aromatic ring is 1. The molecule has 0 radical (unpaired) electrons. The Morgan fingerprint density at radius 1 is 1.43 bits per heavy atom. The van der Waals surface area contributed by atoms with Crippen molar-refractivity contribution < 1.29 is 9.53 Å². The van der Waals surface area contributed by atoms with Crippen molar-refractivity contribution in [3.8, 4) is 11.8 Å². The molecular formula is C19H26N6O2S. The zero-order valence-electron chi connectivity index (χ0n) is 16.7. The molecule has 0 aliphatic carbocycles. The van der Waals surface area contributed by atoms with Crippen LogP contribution in [-0.2, 0) is 11.4 Å². The standard InChI is InChI=1S/C19H26N6O2S/c1-13(2)15-7-6-14(3)10-16(15)27-11-17-22-23-19(25(17)21)28-12-18(26)24(4)9-5-8-20/h6-7,10,13H,5,9,11-12,21H2,1-4H3. The van der Waals surface area contributed by atoms with Crippen LogP contribution in [0.1, 0.15) is 43.1 Å². The summed E-state index contributed by atoms with van der Waals surface area (Å²) in [4.78, 5) is 13.6. The molecule has 150 valence electrons. The highest BCUT2D eigenvalue weighted by atomic mass is 32.2. The number of nitrogens with zero attached hydrogens (tertiary/aromatic N) is 5. The third kappa shape index (κ3) is 5.63. The largest absolute Gasteiger partial charge is 0.485 e. The molecule has 0 spiro atoms. The van der Waals surface area contributed by atoms with Crippen LogP contribution in [0.2, 0.25) is 0 Å². The van der Waals surface area contributed by atoms with Gasteiger partial charge in [0.15, 0.2) is 5.82 Å². The number of nitriles is 1. The molecule has 2 aromatic rings. The first-order chi connectivity index (χ1) is 13.3. The normalized spacial score (nSPS) is 10.7. The van der Waals surface area contributed by atoms with E-state index in [-0.39, 0.29) is 18.3 Å². The molecule has 9 heteroatoms. The molecule has 0 aliphatic heterocycles. The number of thioether (sulfide) groups is 1. The maximum atomic E-state index is 12.1. The lowest BCUT2D eigenvalue weighted by atomic mass is 10.0. The van der Waals surface area contributed by atoms with Crippen molar-refractivity contribution in [3.63, 3.8) is 0 Å². The number of carbonyl (C=O) groups excluding carboxylic acids is 1. The van der Waals surface area contributed by atoms with Gasteiger partial charge in [-0.3, -0.25) is 4.79 Å². The second kappa shape index (κ2) is 9.99. The fraction of sp³-hybridized carbons (Fsp3) is 0.474. The number of aromatic nitrogens is 3. The Labute approximate surface area is 169 Å². The van der Waals surface area contributed by atoms with Crippen molar-refractivity contribution in [3.05, 3.63) is 35.2 Å². The third-order valence-corrected chi connectivity index (χ3v) is 5.12. The molecule has 1 heterocycles. The van der Waals surface area contributed by atoms with Gasteiger partial charge >= 0.3 is 0 Å². The van der Waals surface area contributed by atoms with E-state index in [2.05, 4.69) is 36.2 Å². The van der Waals surface area contributed by atoms with Crippen LogP contribution < -0.4 is 10.6 Å². The fourth-order valence-electron chi connectivity index (χ4n) is 2.47. The highest BCUT2D eigenvalue weighted by Crippen LogP contribution is 2.28. The summed E-state index contributed by atoms with van der Waals surface area (Å²) in [5, 5.41) is 17.2. The Kier molecular flexibility index (Phi) is 7.70. The van der Waals surface area contributed by atoms with Crippen LogP contribution in [0.4, 0.5) is 0 Å². The van der Waals surface area contributed by atoms with Crippen molar-refractivity contribution in [2.24, 2.45) is 0 Å². The van der Waals surface area contributed by atoms with Gasteiger partial charge < -0.3 is 15.5 Å². The van der Waals surface area contributed by atoms with Gasteiger partial charge in [0.2, 0.25) is 11.1 Å². The van der Waals surface area contributed by atoms with E-state index in [4.69, 9.17) is 15.8 Å². The molecule has 0 fully saturated rings. The third-order valence-electron chi connectivity index (χ3n) is 4.19. The quantitative estimate of drug-likeness (QED) is 0.507. The van der Waals surface area contributed by atoms with Crippen LogP contribution in [0, 0.1) is 18.3 Å². The van der Waals surface area contributed by atoms with Crippen molar-refractivity contribution in [2.45, 2.75) is 44.9 Å². The minimum atomic E-state index is -0.0950. The highest BCUT2D eigenvalue weighted by molar-refractivity contribution is 7.99. The molecule has 2 N–H and O–H groups in total. The Morgan fingerprint density at radius 2 is 2.18 bits per heavy atom. The van der Waals surface area contributed by atoms with Crippen LogP contribution in [0.15, 0.2) is 23.4 Å². The maximum absolute atomic E-state index is 12.1. The summed E-state index contributed by atoms with van der Waals surface area (Å²) in [5.74, 6) is 7.76. The Morgan fingerprint density at radius 3 is 2.86 bits per heavy atom. The zero-order chi connectivity index (χ0) is 20.7. The molecule has 0 bridgehead atoms. The van der Waals surface area contributed by atoms with Gasteiger partial charge in [0.05, 0.1) is 18.2 Å². The average Bonchev–Trinajstić information content (AvgIpc) is 3.01. The summed E-state index contributed by atoms with van der Waals surface area (Å²) in [6.07, 6.45) is 0.304. The van der Waals surface area contributed by atoms with E-state index in [9.17, 15) is 4.79 Å². The summed E-state index contributed by atoms with van der Waals surface area (Å²) in [7, 11) is 1.67. The van der Waals surface area contributed by atoms with Crippen molar-refractivity contribution >= 4 is 17.7 Å². The van der Waals surface area contributed by atoms with Crippen LogP contribution in [-0.4, -0.2) is 45.0 Å². The van der Waals surface area contributed by atoms with Gasteiger partial charge in [-0.2, -0.15) is 5.26 Å². The van der Waals surface area contributed by atoms with Crippen LogP contribution >= 0.6 is 11.8 Å². The topological polar surface area (TPSA) is 110 Å². The molecule has 0 saturated heterocycles. The van der Waals surface area contributed by atoms with E-state index < -0.39 is 0 Å². The SMILES string of the molecule is Cc1ccc(C(C)C)c(OCc2nnc(SCC(=O)N(C)CCC#N)n2N)c1. The molecule has 1 aromatic carbocycles. The van der Waals surface area contributed by atoms with Gasteiger partial charge in [0.25, 0.3) is 0 Å².